The van der Waals surface area contributed by atoms with Gasteiger partial charge in [-0.3, -0.25) is 13.9 Å². The van der Waals surface area contributed by atoms with E-state index in [9.17, 15) is 26.8 Å². The molecule has 2 rings (SSSR count). The van der Waals surface area contributed by atoms with Crippen molar-refractivity contribution >= 4 is 27.5 Å². The van der Waals surface area contributed by atoms with E-state index >= 15 is 0 Å². The van der Waals surface area contributed by atoms with Crippen molar-refractivity contribution in [2.75, 3.05) is 17.1 Å². The molecule has 7 nitrogen and oxygen atoms in total. The first-order valence-electron chi connectivity index (χ1n) is 12.5. The van der Waals surface area contributed by atoms with Gasteiger partial charge in [-0.1, -0.05) is 43.7 Å². The van der Waals surface area contributed by atoms with Crippen molar-refractivity contribution < 1.29 is 26.8 Å². The summed E-state index contributed by atoms with van der Waals surface area (Å²) in [7, 11) is -3.81. The summed E-state index contributed by atoms with van der Waals surface area (Å²) < 4.78 is 52.7. The molecule has 0 aliphatic heterocycles. The lowest BCUT2D eigenvalue weighted by Crippen LogP contribution is -2.50. The number of nitrogens with one attached hydrogen (secondary N) is 1. The molecule has 204 valence electrons. The molecular formula is C27H37F2N3O4S. The molecule has 1 N–H and O–H groups in total. The van der Waals surface area contributed by atoms with Gasteiger partial charge in [0.2, 0.25) is 21.8 Å². The highest BCUT2D eigenvalue weighted by atomic mass is 32.2. The highest BCUT2D eigenvalue weighted by Crippen LogP contribution is 2.22. The Bertz CT molecular complexity index is 1170. The zero-order valence-electron chi connectivity index (χ0n) is 22.1. The number of anilines is 1. The lowest BCUT2D eigenvalue weighted by molar-refractivity contribution is -0.141. The predicted octanol–water partition coefficient (Wildman–Crippen LogP) is 4.54. The van der Waals surface area contributed by atoms with Crippen LogP contribution in [0.1, 0.15) is 57.6 Å². The molecule has 2 amide bonds. The van der Waals surface area contributed by atoms with Crippen molar-refractivity contribution in [3.8, 4) is 0 Å². The van der Waals surface area contributed by atoms with Crippen LogP contribution in [0.5, 0.6) is 0 Å². The molecule has 2 aromatic rings. The monoisotopic (exact) mass is 537 g/mol. The van der Waals surface area contributed by atoms with Gasteiger partial charge >= 0.3 is 0 Å². The molecule has 0 bridgehead atoms. The Labute approximate surface area is 218 Å². The van der Waals surface area contributed by atoms with Gasteiger partial charge in [0.05, 0.1) is 11.9 Å². The fourth-order valence-electron chi connectivity index (χ4n) is 3.89. The quantitative estimate of drug-likeness (QED) is 0.406. The first-order valence-corrected chi connectivity index (χ1v) is 14.3. The van der Waals surface area contributed by atoms with Crippen LogP contribution in [0, 0.1) is 18.6 Å². The fraction of sp³-hybridized carbons (Fsp3) is 0.481. The lowest BCUT2D eigenvalue weighted by atomic mass is 10.1. The average Bonchev–Trinajstić information content (AvgIpc) is 2.83. The number of benzene rings is 2. The summed E-state index contributed by atoms with van der Waals surface area (Å²) in [6.45, 7) is 7.78. The van der Waals surface area contributed by atoms with Crippen molar-refractivity contribution in [1.82, 2.24) is 10.2 Å². The van der Waals surface area contributed by atoms with E-state index in [1.54, 1.807) is 0 Å². The van der Waals surface area contributed by atoms with Crippen LogP contribution < -0.4 is 9.62 Å². The predicted molar refractivity (Wildman–Crippen MR) is 141 cm³/mol. The van der Waals surface area contributed by atoms with Gasteiger partial charge in [0.25, 0.3) is 0 Å². The van der Waals surface area contributed by atoms with Crippen molar-refractivity contribution in [3.63, 3.8) is 0 Å². The van der Waals surface area contributed by atoms with Gasteiger partial charge in [-0.15, -0.1) is 0 Å². The highest BCUT2D eigenvalue weighted by molar-refractivity contribution is 7.92. The van der Waals surface area contributed by atoms with Crippen LogP contribution in [-0.4, -0.2) is 50.0 Å². The summed E-state index contributed by atoms with van der Waals surface area (Å²) in [5, 5.41) is 2.95. The number of aryl methyl sites for hydroxylation is 1. The van der Waals surface area contributed by atoms with Gasteiger partial charge in [-0.2, -0.15) is 0 Å². The molecule has 2 atom stereocenters. The number of amides is 2. The molecule has 0 saturated carbocycles. The Hall–Kier alpha value is -3.01. The van der Waals surface area contributed by atoms with Crippen LogP contribution in [0.2, 0.25) is 0 Å². The average molecular weight is 538 g/mol. The molecule has 0 aliphatic carbocycles. The van der Waals surface area contributed by atoms with Crippen LogP contribution in [0.25, 0.3) is 0 Å². The largest absolute Gasteiger partial charge is 0.352 e. The molecule has 0 spiro atoms. The molecule has 37 heavy (non-hydrogen) atoms. The van der Waals surface area contributed by atoms with Crippen LogP contribution in [0.4, 0.5) is 14.5 Å². The van der Waals surface area contributed by atoms with Gasteiger partial charge in [-0.05, 0) is 50.8 Å². The van der Waals surface area contributed by atoms with Crippen molar-refractivity contribution in [1.29, 1.82) is 0 Å². The topological polar surface area (TPSA) is 86.8 Å². The summed E-state index contributed by atoms with van der Waals surface area (Å²) in [6, 6.07) is 9.79. The van der Waals surface area contributed by atoms with Crippen LogP contribution >= 0.6 is 0 Å². The van der Waals surface area contributed by atoms with E-state index in [4.69, 9.17) is 0 Å². The van der Waals surface area contributed by atoms with Crippen LogP contribution in [-0.2, 0) is 26.2 Å². The third-order valence-corrected chi connectivity index (χ3v) is 7.40. The molecule has 0 unspecified atom stereocenters. The second kappa shape index (κ2) is 13.5. The van der Waals surface area contributed by atoms with Crippen molar-refractivity contribution in [3.05, 3.63) is 65.2 Å². The first kappa shape index (κ1) is 30.2. The number of hydrogen-bond acceptors (Lipinski definition) is 4. The van der Waals surface area contributed by atoms with E-state index in [2.05, 4.69) is 5.32 Å². The van der Waals surface area contributed by atoms with Crippen LogP contribution in [0.3, 0.4) is 0 Å². The summed E-state index contributed by atoms with van der Waals surface area (Å²) in [4.78, 5) is 28.0. The Morgan fingerprint density at radius 3 is 2.19 bits per heavy atom. The second-order valence-electron chi connectivity index (χ2n) is 9.29. The SMILES string of the molecule is CC[C@@H](C)NC(=O)[C@H](CC)N(Cc1ccc(C)cc1)C(=O)CCCN(c1ccc(F)c(F)c1)S(C)(=O)=O. The molecule has 0 heterocycles. The van der Waals surface area contributed by atoms with Gasteiger partial charge < -0.3 is 10.2 Å². The Kier molecular flexibility index (Phi) is 11.0. The number of carbonyl (C=O) groups excluding carboxylic acids is 2. The fourth-order valence-corrected chi connectivity index (χ4v) is 4.85. The number of halogens is 2. The Balaban J connectivity index is 2.23. The number of nitrogens with zero attached hydrogens (tertiary/aromatic N) is 2. The Morgan fingerprint density at radius 1 is 1.00 bits per heavy atom. The molecule has 2 aromatic carbocycles. The summed E-state index contributed by atoms with van der Waals surface area (Å²) >= 11 is 0. The molecule has 0 fully saturated rings. The molecule has 10 heteroatoms. The third-order valence-electron chi connectivity index (χ3n) is 6.20. The normalized spacial score (nSPS) is 13.1. The van der Waals surface area contributed by atoms with Gasteiger partial charge in [0.1, 0.15) is 6.04 Å². The van der Waals surface area contributed by atoms with Crippen LogP contribution in [0.15, 0.2) is 42.5 Å². The molecule has 0 saturated heterocycles. The van der Waals surface area contributed by atoms with Gasteiger partial charge in [0.15, 0.2) is 11.6 Å². The maximum Gasteiger partial charge on any atom is 0.243 e. The minimum absolute atomic E-state index is 0.0234. The first-order chi connectivity index (χ1) is 17.4. The van der Waals surface area contributed by atoms with Gasteiger partial charge in [0, 0.05) is 31.6 Å². The number of rotatable bonds is 13. The standard InChI is InChI=1S/C27H37F2N3O4S/c1-6-20(4)30-27(34)25(7-2)31(18-21-12-10-19(3)11-13-21)26(33)9-8-16-32(37(5,35)36)22-14-15-23(28)24(29)17-22/h10-15,17,20,25H,6-9,16,18H2,1-5H3,(H,30,34)/t20-,25+/m1/s1. The Morgan fingerprint density at radius 2 is 1.65 bits per heavy atom. The summed E-state index contributed by atoms with van der Waals surface area (Å²) in [5.41, 5.74) is 1.92. The van der Waals surface area contributed by atoms with Gasteiger partial charge in [-0.25, -0.2) is 17.2 Å². The van der Waals surface area contributed by atoms with E-state index < -0.39 is 27.7 Å². The zero-order chi connectivity index (χ0) is 27.8. The smallest absolute Gasteiger partial charge is 0.243 e. The minimum atomic E-state index is -3.81. The van der Waals surface area contributed by atoms with E-state index in [0.717, 1.165) is 40.2 Å². The van der Waals surface area contributed by atoms with E-state index in [0.29, 0.717) is 6.42 Å². The van der Waals surface area contributed by atoms with E-state index in [-0.39, 0.29) is 49.5 Å². The van der Waals surface area contributed by atoms with Crippen molar-refractivity contribution in [2.45, 2.75) is 72.0 Å². The third kappa shape index (κ3) is 8.80. The molecular weight excluding hydrogens is 500 g/mol. The molecule has 0 radical (unpaired) electrons. The molecule has 0 aromatic heterocycles. The summed E-state index contributed by atoms with van der Waals surface area (Å²) in [5.74, 6) is -2.78. The number of hydrogen-bond donors (Lipinski definition) is 1. The second-order valence-corrected chi connectivity index (χ2v) is 11.2. The van der Waals surface area contributed by atoms with E-state index in [1.807, 2.05) is 52.0 Å². The molecule has 0 aliphatic rings. The lowest BCUT2D eigenvalue weighted by Gasteiger charge is -2.32. The summed E-state index contributed by atoms with van der Waals surface area (Å²) in [6.07, 6.45) is 2.21. The number of sulfonamides is 1. The maximum atomic E-state index is 13.7. The number of carbonyl (C=O) groups is 2. The van der Waals surface area contributed by atoms with E-state index in [1.165, 1.54) is 11.0 Å². The maximum absolute atomic E-state index is 13.7. The minimum Gasteiger partial charge on any atom is -0.352 e. The highest BCUT2D eigenvalue weighted by Gasteiger charge is 2.29. The van der Waals surface area contributed by atoms with Crippen molar-refractivity contribution in [2.24, 2.45) is 0 Å². The zero-order valence-corrected chi connectivity index (χ0v) is 22.9.